The van der Waals surface area contributed by atoms with E-state index < -0.39 is 12.7 Å². The molecule has 1 rings (SSSR count). The average Bonchev–Trinajstić information content (AvgIpc) is 2.27. The van der Waals surface area contributed by atoms with Gasteiger partial charge < -0.3 is 5.73 Å². The van der Waals surface area contributed by atoms with Crippen LogP contribution in [0.25, 0.3) is 0 Å². The molecule has 0 aliphatic carbocycles. The number of halogens is 3. The molecular formula is C12H18F3N3. The van der Waals surface area contributed by atoms with E-state index in [9.17, 15) is 13.2 Å². The predicted octanol–water partition coefficient (Wildman–Crippen LogP) is 2.31. The highest BCUT2D eigenvalue weighted by molar-refractivity contribution is 5.13. The maximum absolute atomic E-state index is 12.4. The molecule has 18 heavy (non-hydrogen) atoms. The summed E-state index contributed by atoms with van der Waals surface area (Å²) in [5.41, 5.74) is 6.92. The summed E-state index contributed by atoms with van der Waals surface area (Å²) in [5, 5.41) is 0. The third kappa shape index (κ3) is 5.01. The van der Waals surface area contributed by atoms with Crippen molar-refractivity contribution < 1.29 is 13.2 Å². The van der Waals surface area contributed by atoms with Crippen LogP contribution in [0.4, 0.5) is 13.2 Å². The van der Waals surface area contributed by atoms with Crippen molar-refractivity contribution in [2.45, 2.75) is 39.2 Å². The van der Waals surface area contributed by atoms with Gasteiger partial charge in [0.25, 0.3) is 0 Å². The lowest BCUT2D eigenvalue weighted by molar-refractivity contribution is -0.151. The second kappa shape index (κ2) is 6.15. The highest BCUT2D eigenvalue weighted by Crippen LogP contribution is 2.19. The van der Waals surface area contributed by atoms with Crippen molar-refractivity contribution in [1.82, 2.24) is 9.88 Å². The minimum absolute atomic E-state index is 0.183. The van der Waals surface area contributed by atoms with Crippen molar-refractivity contribution in [3.63, 3.8) is 0 Å². The standard InChI is InChI=1S/C12H18F3N3/c1-9(2)18(8-12(13,14)15)7-11-4-3-10(5-16)6-17-11/h3-4,6,9H,5,7-8,16H2,1-2H3. The van der Waals surface area contributed by atoms with Crippen LogP contribution in [0.5, 0.6) is 0 Å². The van der Waals surface area contributed by atoms with E-state index >= 15 is 0 Å². The van der Waals surface area contributed by atoms with Crippen LogP contribution in [-0.4, -0.2) is 28.6 Å². The summed E-state index contributed by atoms with van der Waals surface area (Å²) in [6.45, 7) is 3.11. The summed E-state index contributed by atoms with van der Waals surface area (Å²) in [4.78, 5) is 5.45. The number of pyridine rings is 1. The van der Waals surface area contributed by atoms with E-state index in [-0.39, 0.29) is 12.6 Å². The van der Waals surface area contributed by atoms with Gasteiger partial charge in [-0.2, -0.15) is 13.2 Å². The van der Waals surface area contributed by atoms with Gasteiger partial charge in [0, 0.05) is 25.3 Å². The van der Waals surface area contributed by atoms with Gasteiger partial charge in [0.1, 0.15) is 0 Å². The lowest BCUT2D eigenvalue weighted by atomic mass is 10.2. The van der Waals surface area contributed by atoms with Crippen molar-refractivity contribution >= 4 is 0 Å². The third-order valence-corrected chi connectivity index (χ3v) is 2.60. The summed E-state index contributed by atoms with van der Waals surface area (Å²) in [7, 11) is 0. The van der Waals surface area contributed by atoms with Crippen molar-refractivity contribution in [2.24, 2.45) is 5.73 Å². The number of nitrogens with two attached hydrogens (primary N) is 1. The van der Waals surface area contributed by atoms with Gasteiger partial charge in [-0.05, 0) is 25.5 Å². The van der Waals surface area contributed by atoms with Crippen LogP contribution < -0.4 is 5.73 Å². The molecule has 0 fully saturated rings. The first-order valence-electron chi connectivity index (χ1n) is 5.76. The largest absolute Gasteiger partial charge is 0.401 e. The number of nitrogens with zero attached hydrogens (tertiary/aromatic N) is 2. The Morgan fingerprint density at radius 3 is 2.39 bits per heavy atom. The van der Waals surface area contributed by atoms with E-state index in [0.29, 0.717) is 12.2 Å². The second-order valence-electron chi connectivity index (χ2n) is 4.48. The molecule has 0 spiro atoms. The number of rotatable bonds is 5. The fourth-order valence-corrected chi connectivity index (χ4v) is 1.53. The highest BCUT2D eigenvalue weighted by atomic mass is 19.4. The molecule has 0 aliphatic heterocycles. The Morgan fingerprint density at radius 2 is 2.00 bits per heavy atom. The van der Waals surface area contributed by atoms with E-state index in [0.717, 1.165) is 5.56 Å². The molecule has 0 saturated carbocycles. The van der Waals surface area contributed by atoms with Crippen LogP contribution in [0, 0.1) is 0 Å². The lowest BCUT2D eigenvalue weighted by Crippen LogP contribution is -2.38. The van der Waals surface area contributed by atoms with Gasteiger partial charge in [-0.3, -0.25) is 9.88 Å². The molecule has 2 N–H and O–H groups in total. The fourth-order valence-electron chi connectivity index (χ4n) is 1.53. The number of aromatic nitrogens is 1. The van der Waals surface area contributed by atoms with Crippen LogP contribution >= 0.6 is 0 Å². The maximum atomic E-state index is 12.4. The molecule has 0 bridgehead atoms. The molecule has 0 radical (unpaired) electrons. The zero-order chi connectivity index (χ0) is 13.8. The van der Waals surface area contributed by atoms with Gasteiger partial charge in [0.15, 0.2) is 0 Å². The quantitative estimate of drug-likeness (QED) is 0.884. The summed E-state index contributed by atoms with van der Waals surface area (Å²) in [5.74, 6) is 0. The van der Waals surface area contributed by atoms with Crippen molar-refractivity contribution in [3.05, 3.63) is 29.6 Å². The van der Waals surface area contributed by atoms with Crippen LogP contribution in [0.3, 0.4) is 0 Å². The van der Waals surface area contributed by atoms with Gasteiger partial charge >= 0.3 is 6.18 Å². The Hall–Kier alpha value is -1.14. The summed E-state index contributed by atoms with van der Waals surface area (Å²) in [6.07, 6.45) is -2.59. The SMILES string of the molecule is CC(C)N(Cc1ccc(CN)cn1)CC(F)(F)F. The Bertz CT molecular complexity index is 360. The zero-order valence-electron chi connectivity index (χ0n) is 10.5. The van der Waals surface area contributed by atoms with Crippen LogP contribution in [0.2, 0.25) is 0 Å². The van der Waals surface area contributed by atoms with Crippen LogP contribution in [0.1, 0.15) is 25.1 Å². The Balaban J connectivity index is 2.70. The minimum Gasteiger partial charge on any atom is -0.326 e. The first kappa shape index (κ1) is 14.9. The Labute approximate surface area is 105 Å². The molecule has 6 heteroatoms. The van der Waals surface area contributed by atoms with E-state index in [1.54, 1.807) is 32.2 Å². The van der Waals surface area contributed by atoms with Gasteiger partial charge in [-0.1, -0.05) is 6.07 Å². The lowest BCUT2D eigenvalue weighted by Gasteiger charge is -2.27. The summed E-state index contributed by atoms with van der Waals surface area (Å²) in [6, 6.07) is 3.31. The topological polar surface area (TPSA) is 42.1 Å². The molecular weight excluding hydrogens is 243 g/mol. The predicted molar refractivity (Wildman–Crippen MR) is 63.7 cm³/mol. The highest BCUT2D eigenvalue weighted by Gasteiger charge is 2.31. The molecule has 0 atom stereocenters. The Morgan fingerprint density at radius 1 is 1.33 bits per heavy atom. The van der Waals surface area contributed by atoms with Crippen LogP contribution in [-0.2, 0) is 13.1 Å². The van der Waals surface area contributed by atoms with E-state index in [1.165, 1.54) is 4.90 Å². The third-order valence-electron chi connectivity index (χ3n) is 2.60. The van der Waals surface area contributed by atoms with Gasteiger partial charge in [0.2, 0.25) is 0 Å². The Kier molecular flexibility index (Phi) is 5.10. The molecule has 0 saturated heterocycles. The average molecular weight is 261 g/mol. The van der Waals surface area contributed by atoms with Crippen molar-refractivity contribution in [2.75, 3.05) is 6.54 Å². The van der Waals surface area contributed by atoms with Gasteiger partial charge in [0.05, 0.1) is 12.2 Å². The van der Waals surface area contributed by atoms with E-state index in [1.807, 2.05) is 0 Å². The van der Waals surface area contributed by atoms with E-state index in [4.69, 9.17) is 5.73 Å². The molecule has 1 aromatic heterocycles. The molecule has 0 amide bonds. The van der Waals surface area contributed by atoms with Crippen molar-refractivity contribution in [3.8, 4) is 0 Å². The molecule has 1 aromatic rings. The zero-order valence-corrected chi connectivity index (χ0v) is 10.5. The van der Waals surface area contributed by atoms with Crippen molar-refractivity contribution in [1.29, 1.82) is 0 Å². The summed E-state index contributed by atoms with van der Waals surface area (Å²) >= 11 is 0. The molecule has 0 unspecified atom stereocenters. The fraction of sp³-hybridized carbons (Fsp3) is 0.583. The number of hydrogen-bond acceptors (Lipinski definition) is 3. The van der Waals surface area contributed by atoms with Gasteiger partial charge in [-0.15, -0.1) is 0 Å². The first-order chi connectivity index (χ1) is 8.31. The van der Waals surface area contributed by atoms with Gasteiger partial charge in [-0.25, -0.2) is 0 Å². The first-order valence-corrected chi connectivity index (χ1v) is 5.76. The van der Waals surface area contributed by atoms with E-state index in [2.05, 4.69) is 4.98 Å². The molecule has 102 valence electrons. The maximum Gasteiger partial charge on any atom is 0.401 e. The molecule has 1 heterocycles. The molecule has 0 aliphatic rings. The molecule has 3 nitrogen and oxygen atoms in total. The summed E-state index contributed by atoms with van der Waals surface area (Å²) < 4.78 is 37.2. The monoisotopic (exact) mass is 261 g/mol. The number of alkyl halides is 3. The minimum atomic E-state index is -4.19. The second-order valence-corrected chi connectivity index (χ2v) is 4.48. The van der Waals surface area contributed by atoms with Crippen LogP contribution in [0.15, 0.2) is 18.3 Å². The molecule has 0 aromatic carbocycles. The normalized spacial score (nSPS) is 12.4. The smallest absolute Gasteiger partial charge is 0.326 e. The number of hydrogen-bond donors (Lipinski definition) is 1.